The van der Waals surface area contributed by atoms with Gasteiger partial charge in [0.15, 0.2) is 0 Å². The average molecular weight is 400 g/mol. The Balaban J connectivity index is 2.22. The van der Waals surface area contributed by atoms with E-state index in [9.17, 15) is 19.1 Å². The summed E-state index contributed by atoms with van der Waals surface area (Å²) in [6.07, 6.45) is 0. The number of rotatable bonds is 5. The first-order valence-corrected chi connectivity index (χ1v) is 9.32. The van der Waals surface area contributed by atoms with Crippen molar-refractivity contribution < 1.29 is 19.1 Å². The molecule has 1 aromatic heterocycles. The molecule has 154 valence electrons. The quantitative estimate of drug-likeness (QED) is 0.473. The van der Waals surface area contributed by atoms with Gasteiger partial charge in [0, 0.05) is 25.8 Å². The molecule has 1 N–H and O–H groups in total. The number of hydrogen-bond acceptors (Lipinski definition) is 5. The zero-order valence-electron chi connectivity index (χ0n) is 17.2. The van der Waals surface area contributed by atoms with Gasteiger partial charge in [0.1, 0.15) is 11.6 Å². The largest absolute Gasteiger partial charge is 0.507 e. The second-order valence-corrected chi connectivity index (χ2v) is 7.52. The molecule has 0 spiro atoms. The Labute approximate surface area is 169 Å². The number of likely N-dealkylation sites (N-methyl/N-ethyl adjacent to an activating group) is 1. The van der Waals surface area contributed by atoms with Gasteiger partial charge in [0.25, 0.3) is 11.7 Å². The number of likely N-dealkylation sites (tertiary alicyclic amines) is 1. The Bertz CT molecular complexity index is 1010. The molecule has 1 fully saturated rings. The van der Waals surface area contributed by atoms with Crippen molar-refractivity contribution in [3.05, 3.63) is 58.2 Å². The highest BCUT2D eigenvalue weighted by atomic mass is 19.1. The number of aryl methyl sites for hydroxylation is 2. The molecule has 0 radical (unpaired) electrons. The van der Waals surface area contributed by atoms with Crippen LogP contribution in [-0.4, -0.2) is 63.6 Å². The van der Waals surface area contributed by atoms with Crippen molar-refractivity contribution in [2.24, 2.45) is 7.05 Å². The second kappa shape index (κ2) is 7.79. The molecular formula is C21H25FN4O3. The number of aliphatic hydroxyl groups excluding tert-OH is 1. The van der Waals surface area contributed by atoms with Crippen LogP contribution in [-0.2, 0) is 16.6 Å². The van der Waals surface area contributed by atoms with Gasteiger partial charge >= 0.3 is 0 Å². The minimum atomic E-state index is -0.871. The number of amides is 1. The lowest BCUT2D eigenvalue weighted by Gasteiger charge is -2.26. The van der Waals surface area contributed by atoms with Crippen LogP contribution in [0, 0.1) is 19.7 Å². The highest BCUT2D eigenvalue weighted by molar-refractivity contribution is 6.46. The molecule has 2 heterocycles. The van der Waals surface area contributed by atoms with Crippen LogP contribution in [0.15, 0.2) is 29.8 Å². The van der Waals surface area contributed by atoms with Crippen molar-refractivity contribution in [2.45, 2.75) is 19.9 Å². The van der Waals surface area contributed by atoms with E-state index < -0.39 is 23.5 Å². The van der Waals surface area contributed by atoms with E-state index in [-0.39, 0.29) is 17.9 Å². The lowest BCUT2D eigenvalue weighted by molar-refractivity contribution is -0.140. The number of ketones is 1. The Hall–Kier alpha value is -3.00. The Kier molecular flexibility index (Phi) is 5.57. The molecule has 1 aliphatic heterocycles. The van der Waals surface area contributed by atoms with Crippen LogP contribution in [0.4, 0.5) is 4.39 Å². The third-order valence-corrected chi connectivity index (χ3v) is 5.24. The fourth-order valence-electron chi connectivity index (χ4n) is 3.69. The van der Waals surface area contributed by atoms with E-state index in [4.69, 9.17) is 0 Å². The van der Waals surface area contributed by atoms with Crippen molar-refractivity contribution in [1.29, 1.82) is 0 Å². The molecule has 1 aliphatic rings. The number of aromatic nitrogens is 2. The average Bonchev–Trinajstić information content (AvgIpc) is 3.05. The minimum Gasteiger partial charge on any atom is -0.507 e. The van der Waals surface area contributed by atoms with Gasteiger partial charge in [-0.05, 0) is 45.6 Å². The number of aliphatic hydroxyl groups is 1. The number of carbonyl (C=O) groups is 2. The molecule has 0 bridgehead atoms. The van der Waals surface area contributed by atoms with Crippen molar-refractivity contribution in [3.8, 4) is 0 Å². The smallest absolute Gasteiger partial charge is 0.295 e. The third-order valence-electron chi connectivity index (χ3n) is 5.24. The lowest BCUT2D eigenvalue weighted by Crippen LogP contribution is -2.35. The molecule has 2 aromatic rings. The molecule has 7 nitrogen and oxygen atoms in total. The van der Waals surface area contributed by atoms with Crippen LogP contribution in [0.3, 0.4) is 0 Å². The predicted molar refractivity (Wildman–Crippen MR) is 107 cm³/mol. The molecule has 1 aromatic carbocycles. The number of hydrogen-bond donors (Lipinski definition) is 1. The number of halogens is 1. The summed E-state index contributed by atoms with van der Waals surface area (Å²) in [5, 5.41) is 15.4. The van der Waals surface area contributed by atoms with E-state index in [0.717, 1.165) is 0 Å². The van der Waals surface area contributed by atoms with Gasteiger partial charge in [-0.3, -0.25) is 14.3 Å². The number of Topliss-reactive ketones (excluding diaryl/α,β-unsaturated/α-hetero) is 1. The van der Waals surface area contributed by atoms with E-state index in [1.165, 1.54) is 23.1 Å². The van der Waals surface area contributed by atoms with Gasteiger partial charge in [0.05, 0.1) is 22.9 Å². The fourth-order valence-corrected chi connectivity index (χ4v) is 3.69. The maximum Gasteiger partial charge on any atom is 0.295 e. The topological polar surface area (TPSA) is 78.7 Å². The van der Waals surface area contributed by atoms with E-state index >= 15 is 0 Å². The molecule has 3 rings (SSSR count). The van der Waals surface area contributed by atoms with Crippen LogP contribution < -0.4 is 0 Å². The van der Waals surface area contributed by atoms with Gasteiger partial charge in [-0.15, -0.1) is 0 Å². The van der Waals surface area contributed by atoms with Crippen molar-refractivity contribution >= 4 is 17.4 Å². The van der Waals surface area contributed by atoms with Crippen molar-refractivity contribution in [3.63, 3.8) is 0 Å². The Morgan fingerprint density at radius 1 is 1.28 bits per heavy atom. The summed E-state index contributed by atoms with van der Waals surface area (Å²) in [7, 11) is 5.45. The zero-order chi connectivity index (χ0) is 21.5. The van der Waals surface area contributed by atoms with Gasteiger partial charge in [-0.1, -0.05) is 12.1 Å². The highest BCUT2D eigenvalue weighted by Gasteiger charge is 2.46. The maximum atomic E-state index is 14.0. The summed E-state index contributed by atoms with van der Waals surface area (Å²) in [5.74, 6) is -2.25. The van der Waals surface area contributed by atoms with Gasteiger partial charge in [-0.2, -0.15) is 5.10 Å². The minimum absolute atomic E-state index is 0.0430. The maximum absolute atomic E-state index is 14.0. The summed E-state index contributed by atoms with van der Waals surface area (Å²) < 4.78 is 15.6. The van der Waals surface area contributed by atoms with E-state index in [1.54, 1.807) is 31.6 Å². The first-order chi connectivity index (χ1) is 13.6. The van der Waals surface area contributed by atoms with Crippen molar-refractivity contribution in [1.82, 2.24) is 19.6 Å². The van der Waals surface area contributed by atoms with E-state index in [1.807, 2.05) is 19.0 Å². The van der Waals surface area contributed by atoms with E-state index in [2.05, 4.69) is 5.10 Å². The standard InChI is InChI=1S/C21H25FN4O3/c1-12-16(13(2)25(5)23-12)19(27)17-18(14-7-6-8-15(22)11-14)26(10-9-24(3)4)21(29)20(17)28/h6-8,11,18,27H,9-10H2,1-5H3/b19-17+/t18-/m1/s1. The lowest BCUT2D eigenvalue weighted by atomic mass is 9.94. The second-order valence-electron chi connectivity index (χ2n) is 7.52. The van der Waals surface area contributed by atoms with Crippen LogP contribution in [0.1, 0.15) is 28.6 Å². The summed E-state index contributed by atoms with van der Waals surface area (Å²) in [6.45, 7) is 4.28. The first-order valence-electron chi connectivity index (χ1n) is 9.32. The molecule has 1 atom stereocenters. The first kappa shape index (κ1) is 20.7. The monoisotopic (exact) mass is 400 g/mol. The zero-order valence-corrected chi connectivity index (χ0v) is 17.2. The van der Waals surface area contributed by atoms with Crippen molar-refractivity contribution in [2.75, 3.05) is 27.2 Å². The number of benzene rings is 1. The Morgan fingerprint density at radius 3 is 2.52 bits per heavy atom. The molecule has 1 amide bonds. The molecule has 1 saturated heterocycles. The molecule has 8 heteroatoms. The Morgan fingerprint density at radius 2 is 1.97 bits per heavy atom. The summed E-state index contributed by atoms with van der Waals surface area (Å²) in [6, 6.07) is 4.89. The van der Waals surface area contributed by atoms with Crippen LogP contribution in [0.25, 0.3) is 5.76 Å². The van der Waals surface area contributed by atoms with Gasteiger partial charge in [-0.25, -0.2) is 4.39 Å². The predicted octanol–water partition coefficient (Wildman–Crippen LogP) is 2.16. The summed E-state index contributed by atoms with van der Waals surface area (Å²) in [4.78, 5) is 29.0. The van der Waals surface area contributed by atoms with E-state index in [0.29, 0.717) is 29.1 Å². The summed E-state index contributed by atoms with van der Waals surface area (Å²) >= 11 is 0. The van der Waals surface area contributed by atoms with Gasteiger partial charge < -0.3 is 14.9 Å². The normalized spacial score (nSPS) is 18.9. The molecule has 0 saturated carbocycles. The number of carbonyl (C=O) groups excluding carboxylic acids is 2. The SMILES string of the molecule is Cc1nn(C)c(C)c1/C(O)=C1\C(=O)C(=O)N(CCN(C)C)[C@@H]1c1cccc(F)c1. The molecular weight excluding hydrogens is 375 g/mol. The number of nitrogens with zero attached hydrogens (tertiary/aromatic N) is 4. The van der Waals surface area contributed by atoms with Gasteiger partial charge in [0.2, 0.25) is 0 Å². The van der Waals surface area contributed by atoms with Crippen LogP contribution in [0.2, 0.25) is 0 Å². The molecule has 29 heavy (non-hydrogen) atoms. The molecule has 0 aliphatic carbocycles. The van der Waals surface area contributed by atoms with Crippen LogP contribution >= 0.6 is 0 Å². The third kappa shape index (κ3) is 3.67. The van der Waals surface area contributed by atoms with Crippen LogP contribution in [0.5, 0.6) is 0 Å². The summed E-state index contributed by atoms with van der Waals surface area (Å²) in [5.41, 5.74) is 2.01. The fraction of sp³-hybridized carbons (Fsp3) is 0.381. The highest BCUT2D eigenvalue weighted by Crippen LogP contribution is 2.40. The molecule has 0 unspecified atom stereocenters.